The number of aromatic nitrogens is 4. The van der Waals surface area contributed by atoms with Crippen LogP contribution in [0.4, 0.5) is 11.6 Å². The van der Waals surface area contributed by atoms with Gasteiger partial charge in [0.05, 0.1) is 12.2 Å². The van der Waals surface area contributed by atoms with Gasteiger partial charge in [-0.15, -0.1) is 0 Å². The monoisotopic (exact) mass is 520 g/mol. The molecule has 2 aliphatic carbocycles. The first-order chi connectivity index (χ1) is 17.4. The standard InChI is InChI=1S/C26H25ClN6O2S/c1-36(35)26-31-22(28-12-19-14-33-13-17(15-5-6-15)7-8-24(33)29-19)11-23(32-26)30-25(34)21-10-20(21)16-3-2-4-18(27)9-16/h2-4,7-9,11,13-15,20-21H,5-6,10,12H2,1H3,(H2,28,30,31,32,34)/t20-,21+,36?/m0/s1. The number of hydrogen-bond donors (Lipinski definition) is 2. The maximum Gasteiger partial charge on any atom is 0.346 e. The normalized spacial score (nSPS) is 19.8. The molecule has 36 heavy (non-hydrogen) atoms. The van der Waals surface area contributed by atoms with Crippen molar-refractivity contribution in [2.75, 3.05) is 16.9 Å². The number of benzene rings is 1. The molecular formula is C26H25ClN6O2S. The molecule has 10 heteroatoms. The first-order valence-electron chi connectivity index (χ1n) is 11.9. The Morgan fingerprint density at radius 1 is 1.11 bits per heavy atom. The van der Waals surface area contributed by atoms with E-state index >= 15 is 0 Å². The Morgan fingerprint density at radius 2 is 1.94 bits per heavy atom. The SMILES string of the molecule is C[S+]([O-])c1nc(NCc2cn3cc(C4CC4)ccc3n2)cc(NC(=O)[C@@H]2C[C@H]2c2cccc(Cl)c2)n1. The highest BCUT2D eigenvalue weighted by atomic mass is 35.5. The first-order valence-corrected chi connectivity index (χ1v) is 13.9. The van der Waals surface area contributed by atoms with Crippen LogP contribution in [0, 0.1) is 5.92 Å². The van der Waals surface area contributed by atoms with Gasteiger partial charge < -0.3 is 19.6 Å². The average Bonchev–Trinajstić information content (AvgIpc) is 3.78. The van der Waals surface area contributed by atoms with Crippen LogP contribution in [0.2, 0.25) is 5.02 Å². The van der Waals surface area contributed by atoms with Crippen LogP contribution in [-0.4, -0.2) is 36.1 Å². The van der Waals surface area contributed by atoms with Crippen LogP contribution in [0.1, 0.15) is 47.9 Å². The molecule has 0 saturated heterocycles. The van der Waals surface area contributed by atoms with E-state index in [-0.39, 0.29) is 22.9 Å². The van der Waals surface area contributed by atoms with Crippen LogP contribution in [-0.2, 0) is 22.5 Å². The summed E-state index contributed by atoms with van der Waals surface area (Å²) < 4.78 is 14.2. The summed E-state index contributed by atoms with van der Waals surface area (Å²) in [7, 11) is 0. The maximum atomic E-state index is 12.9. The molecule has 2 saturated carbocycles. The van der Waals surface area contributed by atoms with Crippen LogP contribution < -0.4 is 10.6 Å². The van der Waals surface area contributed by atoms with Gasteiger partial charge in [-0.05, 0) is 60.4 Å². The zero-order valence-electron chi connectivity index (χ0n) is 19.6. The van der Waals surface area contributed by atoms with Gasteiger partial charge in [0.1, 0.15) is 23.5 Å². The lowest BCUT2D eigenvalue weighted by atomic mass is 10.1. The first kappa shape index (κ1) is 23.3. The second-order valence-electron chi connectivity index (χ2n) is 9.46. The van der Waals surface area contributed by atoms with Crippen molar-refractivity contribution in [1.29, 1.82) is 0 Å². The molecule has 0 spiro atoms. The quantitative estimate of drug-likeness (QED) is 0.256. The van der Waals surface area contributed by atoms with E-state index in [1.165, 1.54) is 24.7 Å². The Morgan fingerprint density at radius 3 is 2.72 bits per heavy atom. The molecule has 1 amide bonds. The van der Waals surface area contributed by atoms with Crippen molar-refractivity contribution in [2.24, 2.45) is 5.92 Å². The predicted molar refractivity (Wildman–Crippen MR) is 140 cm³/mol. The van der Waals surface area contributed by atoms with E-state index in [0.717, 1.165) is 23.3 Å². The fourth-order valence-corrected chi connectivity index (χ4v) is 5.16. The third kappa shape index (κ3) is 5.04. The van der Waals surface area contributed by atoms with Crippen molar-refractivity contribution in [3.05, 3.63) is 76.7 Å². The van der Waals surface area contributed by atoms with E-state index in [9.17, 15) is 9.35 Å². The van der Waals surface area contributed by atoms with E-state index in [1.807, 2.05) is 36.5 Å². The highest BCUT2D eigenvalue weighted by Gasteiger charge is 2.44. The molecule has 3 aromatic heterocycles. The van der Waals surface area contributed by atoms with Gasteiger partial charge in [0.2, 0.25) is 5.91 Å². The van der Waals surface area contributed by atoms with Gasteiger partial charge >= 0.3 is 5.16 Å². The summed E-state index contributed by atoms with van der Waals surface area (Å²) in [4.78, 5) is 26.2. The minimum atomic E-state index is -1.41. The molecule has 8 nitrogen and oxygen atoms in total. The van der Waals surface area contributed by atoms with E-state index in [0.29, 0.717) is 29.1 Å². The second-order valence-corrected chi connectivity index (χ2v) is 11.2. The largest absolute Gasteiger partial charge is 0.609 e. The van der Waals surface area contributed by atoms with Gasteiger partial charge in [-0.2, -0.15) is 9.97 Å². The molecule has 2 fully saturated rings. The molecule has 1 unspecified atom stereocenters. The smallest absolute Gasteiger partial charge is 0.346 e. The molecule has 2 N–H and O–H groups in total. The molecule has 0 bridgehead atoms. The van der Waals surface area contributed by atoms with Gasteiger partial charge in [-0.1, -0.05) is 29.8 Å². The fraction of sp³-hybridized carbons (Fsp3) is 0.308. The number of imidazole rings is 1. The van der Waals surface area contributed by atoms with E-state index in [2.05, 4.69) is 42.2 Å². The summed E-state index contributed by atoms with van der Waals surface area (Å²) in [6.45, 7) is 0.431. The number of hydrogen-bond acceptors (Lipinski definition) is 6. The zero-order valence-corrected chi connectivity index (χ0v) is 21.2. The number of halogens is 1. The number of rotatable bonds is 8. The van der Waals surface area contributed by atoms with Crippen LogP contribution in [0.3, 0.4) is 0 Å². The number of nitrogens with one attached hydrogen (secondary N) is 2. The number of carbonyl (C=O) groups is 1. The highest BCUT2D eigenvalue weighted by Crippen LogP contribution is 2.48. The van der Waals surface area contributed by atoms with Crippen LogP contribution in [0.15, 0.2) is 60.0 Å². The third-order valence-corrected chi connectivity index (χ3v) is 7.57. The summed E-state index contributed by atoms with van der Waals surface area (Å²) in [6.07, 6.45) is 8.93. The Bertz CT molecular complexity index is 1450. The molecule has 0 aliphatic heterocycles. The minimum Gasteiger partial charge on any atom is -0.609 e. The molecule has 3 atom stereocenters. The summed E-state index contributed by atoms with van der Waals surface area (Å²) in [5, 5.41) is 6.93. The predicted octanol–water partition coefficient (Wildman–Crippen LogP) is 4.75. The van der Waals surface area contributed by atoms with Gasteiger partial charge in [0.15, 0.2) is 0 Å². The van der Waals surface area contributed by atoms with Crippen molar-refractivity contribution >= 4 is 46.0 Å². The second kappa shape index (κ2) is 9.38. The summed E-state index contributed by atoms with van der Waals surface area (Å²) in [5.74, 6) is 1.34. The van der Waals surface area contributed by atoms with E-state index in [4.69, 9.17) is 11.6 Å². The Labute approximate surface area is 216 Å². The van der Waals surface area contributed by atoms with Crippen LogP contribution >= 0.6 is 11.6 Å². The molecule has 0 radical (unpaired) electrons. The van der Waals surface area contributed by atoms with E-state index < -0.39 is 11.2 Å². The summed E-state index contributed by atoms with van der Waals surface area (Å²) >= 11 is 4.69. The molecule has 2 aliphatic rings. The van der Waals surface area contributed by atoms with Crippen molar-refractivity contribution in [1.82, 2.24) is 19.4 Å². The summed E-state index contributed by atoms with van der Waals surface area (Å²) in [5.41, 5.74) is 4.15. The molecule has 184 valence electrons. The summed E-state index contributed by atoms with van der Waals surface area (Å²) in [6, 6.07) is 13.5. The van der Waals surface area contributed by atoms with Gasteiger partial charge in [0, 0.05) is 40.6 Å². The topological polar surface area (TPSA) is 107 Å². The fourth-order valence-electron chi connectivity index (χ4n) is 4.50. The van der Waals surface area contributed by atoms with E-state index in [1.54, 1.807) is 6.07 Å². The molecule has 6 rings (SSSR count). The minimum absolute atomic E-state index is 0.121. The molecule has 4 aromatic rings. The lowest BCUT2D eigenvalue weighted by molar-refractivity contribution is -0.117. The lowest BCUT2D eigenvalue weighted by Crippen LogP contribution is -2.18. The molecular weight excluding hydrogens is 496 g/mol. The van der Waals surface area contributed by atoms with Crippen LogP contribution in [0.25, 0.3) is 5.65 Å². The molecule has 1 aromatic carbocycles. The highest BCUT2D eigenvalue weighted by molar-refractivity contribution is 7.90. The zero-order chi connectivity index (χ0) is 24.8. The number of nitrogens with zero attached hydrogens (tertiary/aromatic N) is 4. The van der Waals surface area contributed by atoms with Crippen molar-refractivity contribution < 1.29 is 9.35 Å². The Hall–Kier alpha value is -3.14. The van der Waals surface area contributed by atoms with Gasteiger partial charge in [0.25, 0.3) is 0 Å². The Balaban J connectivity index is 1.15. The van der Waals surface area contributed by atoms with Crippen molar-refractivity contribution in [3.63, 3.8) is 0 Å². The number of anilines is 2. The number of fused-ring (bicyclic) bond motifs is 1. The van der Waals surface area contributed by atoms with Crippen molar-refractivity contribution in [2.45, 2.75) is 42.8 Å². The number of pyridine rings is 1. The lowest BCUT2D eigenvalue weighted by Gasteiger charge is -2.10. The van der Waals surface area contributed by atoms with Crippen LogP contribution in [0.5, 0.6) is 0 Å². The van der Waals surface area contributed by atoms with Crippen molar-refractivity contribution in [3.8, 4) is 0 Å². The van der Waals surface area contributed by atoms with Gasteiger partial charge in [-0.3, -0.25) is 4.79 Å². The number of amides is 1. The maximum absolute atomic E-state index is 12.9. The molecule has 3 heterocycles. The van der Waals surface area contributed by atoms with Gasteiger partial charge in [-0.25, -0.2) is 4.98 Å². The number of carbonyl (C=O) groups excluding carboxylic acids is 1. The third-order valence-electron chi connectivity index (χ3n) is 6.64. The average molecular weight is 521 g/mol. The Kier molecular flexibility index (Phi) is 6.07.